The number of ether oxygens (including phenoxy) is 1. The van der Waals surface area contributed by atoms with Gasteiger partial charge in [0.25, 0.3) is 0 Å². The highest BCUT2D eigenvalue weighted by atomic mass is 32.2. The summed E-state index contributed by atoms with van der Waals surface area (Å²) in [7, 11) is -2.26. The maximum atomic E-state index is 13.4. The van der Waals surface area contributed by atoms with Gasteiger partial charge in [0.15, 0.2) is 0 Å². The standard InChI is InChI=1S/C26H26N4O4S/c1-34-23-12-7-11-22(18-23)28-26(31)25(20-8-3-2-4-9-20)29-14-16-30(17-15-29)35(32,33)24-13-6-5-10-21(24)19-27/h2-13,18,25H,14-17H2,1H3,(H,28,31). The summed E-state index contributed by atoms with van der Waals surface area (Å²) in [5.41, 5.74) is 1.55. The Morgan fingerprint density at radius 3 is 2.34 bits per heavy atom. The highest BCUT2D eigenvalue weighted by Gasteiger charge is 2.35. The van der Waals surface area contributed by atoms with Gasteiger partial charge in [0, 0.05) is 37.9 Å². The molecule has 180 valence electrons. The van der Waals surface area contributed by atoms with Crippen LogP contribution in [0.4, 0.5) is 5.69 Å². The minimum Gasteiger partial charge on any atom is -0.497 e. The van der Waals surface area contributed by atoms with Crippen molar-refractivity contribution in [2.24, 2.45) is 0 Å². The molecule has 1 atom stereocenters. The molecule has 3 aromatic carbocycles. The van der Waals surface area contributed by atoms with Crippen LogP contribution < -0.4 is 10.1 Å². The molecule has 0 bridgehead atoms. The number of methoxy groups -OCH3 is 1. The van der Waals surface area contributed by atoms with Crippen LogP contribution in [0, 0.1) is 11.3 Å². The van der Waals surface area contributed by atoms with Crippen molar-refractivity contribution in [1.82, 2.24) is 9.21 Å². The summed E-state index contributed by atoms with van der Waals surface area (Å²) in [6, 6.07) is 24.1. The maximum Gasteiger partial charge on any atom is 0.246 e. The third-order valence-electron chi connectivity index (χ3n) is 5.96. The van der Waals surface area contributed by atoms with Crippen molar-refractivity contribution in [3.8, 4) is 11.8 Å². The highest BCUT2D eigenvalue weighted by Crippen LogP contribution is 2.27. The van der Waals surface area contributed by atoms with Crippen LogP contribution in [0.1, 0.15) is 17.2 Å². The minimum absolute atomic E-state index is 0.00586. The SMILES string of the molecule is COc1cccc(NC(=O)C(c2ccccc2)N2CCN(S(=O)(=O)c3ccccc3C#N)CC2)c1. The quantitative estimate of drug-likeness (QED) is 0.545. The average molecular weight is 491 g/mol. The van der Waals surface area contributed by atoms with Gasteiger partial charge in [-0.25, -0.2) is 8.42 Å². The number of hydrogen-bond acceptors (Lipinski definition) is 6. The number of hydrogen-bond donors (Lipinski definition) is 1. The third-order valence-corrected chi connectivity index (χ3v) is 7.92. The lowest BCUT2D eigenvalue weighted by molar-refractivity contribution is -0.122. The van der Waals surface area contributed by atoms with Crippen LogP contribution in [0.5, 0.6) is 5.75 Å². The van der Waals surface area contributed by atoms with E-state index in [1.807, 2.05) is 41.3 Å². The Balaban J connectivity index is 1.54. The zero-order valence-electron chi connectivity index (χ0n) is 19.3. The van der Waals surface area contributed by atoms with E-state index in [0.717, 1.165) is 5.56 Å². The number of rotatable bonds is 7. The molecule has 9 heteroatoms. The van der Waals surface area contributed by atoms with Crippen LogP contribution in [-0.4, -0.2) is 56.8 Å². The van der Waals surface area contributed by atoms with Gasteiger partial charge in [-0.05, 0) is 29.8 Å². The van der Waals surface area contributed by atoms with Crippen LogP contribution in [0.25, 0.3) is 0 Å². The molecule has 0 aliphatic carbocycles. The fourth-order valence-corrected chi connectivity index (χ4v) is 5.76. The normalized spacial score (nSPS) is 15.7. The second-order valence-electron chi connectivity index (χ2n) is 8.08. The first-order chi connectivity index (χ1) is 16.9. The number of piperazine rings is 1. The molecule has 0 spiro atoms. The molecule has 0 radical (unpaired) electrons. The zero-order valence-corrected chi connectivity index (χ0v) is 20.1. The average Bonchev–Trinajstić information content (AvgIpc) is 2.90. The number of amides is 1. The maximum absolute atomic E-state index is 13.4. The van der Waals surface area contributed by atoms with Crippen molar-refractivity contribution in [1.29, 1.82) is 5.26 Å². The Hall–Kier alpha value is -3.71. The molecule has 35 heavy (non-hydrogen) atoms. The largest absolute Gasteiger partial charge is 0.497 e. The number of benzene rings is 3. The lowest BCUT2D eigenvalue weighted by atomic mass is 10.0. The summed E-state index contributed by atoms with van der Waals surface area (Å²) in [6.45, 7) is 1.13. The Kier molecular flexibility index (Phi) is 7.46. The van der Waals surface area contributed by atoms with Gasteiger partial charge in [0.05, 0.1) is 17.6 Å². The fourth-order valence-electron chi connectivity index (χ4n) is 4.20. The van der Waals surface area contributed by atoms with E-state index in [2.05, 4.69) is 5.32 Å². The van der Waals surface area contributed by atoms with Gasteiger partial charge < -0.3 is 10.1 Å². The summed E-state index contributed by atoms with van der Waals surface area (Å²) < 4.78 is 33.1. The molecule has 0 aromatic heterocycles. The molecule has 1 aliphatic rings. The topological polar surface area (TPSA) is 103 Å². The van der Waals surface area contributed by atoms with Crippen molar-refractivity contribution in [3.63, 3.8) is 0 Å². The molecule has 1 aliphatic heterocycles. The van der Waals surface area contributed by atoms with E-state index in [0.29, 0.717) is 24.5 Å². The lowest BCUT2D eigenvalue weighted by Crippen LogP contribution is -2.51. The van der Waals surface area contributed by atoms with E-state index in [9.17, 15) is 18.5 Å². The van der Waals surface area contributed by atoms with E-state index < -0.39 is 16.1 Å². The smallest absolute Gasteiger partial charge is 0.246 e. The predicted molar refractivity (Wildman–Crippen MR) is 132 cm³/mol. The first-order valence-corrected chi connectivity index (χ1v) is 12.6. The monoisotopic (exact) mass is 490 g/mol. The van der Waals surface area contributed by atoms with Crippen LogP contribution in [-0.2, 0) is 14.8 Å². The van der Waals surface area contributed by atoms with Crippen molar-refractivity contribution >= 4 is 21.6 Å². The number of carbonyl (C=O) groups is 1. The number of sulfonamides is 1. The molecule has 4 rings (SSSR count). The summed E-state index contributed by atoms with van der Waals surface area (Å²) >= 11 is 0. The zero-order chi connectivity index (χ0) is 24.8. The van der Waals surface area contributed by atoms with Gasteiger partial charge in [-0.3, -0.25) is 9.69 Å². The van der Waals surface area contributed by atoms with Gasteiger partial charge in [-0.2, -0.15) is 9.57 Å². The number of carbonyl (C=O) groups excluding carboxylic acids is 1. The van der Waals surface area contributed by atoms with E-state index in [4.69, 9.17) is 4.74 Å². The molecule has 1 fully saturated rings. The van der Waals surface area contributed by atoms with Gasteiger partial charge in [-0.15, -0.1) is 0 Å². The first kappa shape index (κ1) is 24.4. The molecule has 8 nitrogen and oxygen atoms in total. The van der Waals surface area contributed by atoms with E-state index in [1.165, 1.54) is 16.4 Å². The second-order valence-corrected chi connectivity index (χ2v) is 9.99. The number of nitriles is 1. The molecule has 3 aromatic rings. The Bertz CT molecular complexity index is 1330. The molecular weight excluding hydrogens is 464 g/mol. The summed E-state index contributed by atoms with van der Waals surface area (Å²) in [4.78, 5) is 15.4. The lowest BCUT2D eigenvalue weighted by Gasteiger charge is -2.38. The van der Waals surface area contributed by atoms with Crippen molar-refractivity contribution in [2.75, 3.05) is 38.6 Å². The molecule has 1 heterocycles. The summed E-state index contributed by atoms with van der Waals surface area (Å²) in [6.07, 6.45) is 0. The van der Waals surface area contributed by atoms with Crippen LogP contribution in [0.3, 0.4) is 0 Å². The molecule has 1 unspecified atom stereocenters. The van der Waals surface area contributed by atoms with Gasteiger partial charge in [0.2, 0.25) is 15.9 Å². The number of nitrogens with zero attached hydrogens (tertiary/aromatic N) is 3. The van der Waals surface area contributed by atoms with Gasteiger partial charge in [0.1, 0.15) is 17.9 Å². The van der Waals surface area contributed by atoms with E-state index >= 15 is 0 Å². The number of nitrogens with one attached hydrogen (secondary N) is 1. The van der Waals surface area contributed by atoms with Crippen LogP contribution in [0.15, 0.2) is 83.8 Å². The third kappa shape index (κ3) is 5.35. The van der Waals surface area contributed by atoms with E-state index in [-0.39, 0.29) is 29.5 Å². The van der Waals surface area contributed by atoms with Gasteiger partial charge >= 0.3 is 0 Å². The number of anilines is 1. The van der Waals surface area contributed by atoms with Crippen LogP contribution >= 0.6 is 0 Å². The molecule has 1 N–H and O–H groups in total. The first-order valence-electron chi connectivity index (χ1n) is 11.2. The van der Waals surface area contributed by atoms with E-state index in [1.54, 1.807) is 43.5 Å². The summed E-state index contributed by atoms with van der Waals surface area (Å²) in [5, 5.41) is 12.3. The van der Waals surface area contributed by atoms with Crippen molar-refractivity contribution < 1.29 is 17.9 Å². The van der Waals surface area contributed by atoms with Crippen molar-refractivity contribution in [2.45, 2.75) is 10.9 Å². The summed E-state index contributed by atoms with van der Waals surface area (Å²) in [5.74, 6) is 0.422. The van der Waals surface area contributed by atoms with Gasteiger partial charge in [-0.1, -0.05) is 48.5 Å². The minimum atomic E-state index is -3.83. The van der Waals surface area contributed by atoms with Crippen molar-refractivity contribution in [3.05, 3.63) is 90.0 Å². The highest BCUT2D eigenvalue weighted by molar-refractivity contribution is 7.89. The fraction of sp³-hybridized carbons (Fsp3) is 0.231. The Morgan fingerprint density at radius 2 is 1.66 bits per heavy atom. The Labute approximate surface area is 205 Å². The molecular formula is C26H26N4O4S. The Morgan fingerprint density at radius 1 is 0.971 bits per heavy atom. The molecule has 0 saturated carbocycles. The molecule has 1 amide bonds. The predicted octanol–water partition coefficient (Wildman–Crippen LogP) is 3.25. The molecule has 1 saturated heterocycles. The second kappa shape index (κ2) is 10.7. The van der Waals surface area contributed by atoms with Crippen LogP contribution in [0.2, 0.25) is 0 Å².